The molecule has 0 aliphatic carbocycles. The molecule has 84 heavy (non-hydrogen) atoms. The van der Waals surface area contributed by atoms with Crippen LogP contribution in [0.15, 0.2) is 84.9 Å². The number of aliphatic carboxylic acids is 2. The van der Waals surface area contributed by atoms with Gasteiger partial charge in [0.1, 0.15) is 17.5 Å². The van der Waals surface area contributed by atoms with Crippen LogP contribution in [0.25, 0.3) is 0 Å². The lowest BCUT2D eigenvalue weighted by atomic mass is 9.82. The normalized spacial score (nSPS) is 16.3. The van der Waals surface area contributed by atoms with Crippen molar-refractivity contribution in [2.45, 2.75) is 140 Å². The van der Waals surface area contributed by atoms with Crippen LogP contribution in [0.4, 0.5) is 28.8 Å². The molecule has 18 heteroatoms. The van der Waals surface area contributed by atoms with Crippen LogP contribution in [0.5, 0.6) is 0 Å². The molecule has 3 aromatic heterocycles. The molecule has 5 aliphatic rings. The molecule has 0 bridgehead atoms. The number of aromatic nitrogens is 3. The molecule has 8 heterocycles. The van der Waals surface area contributed by atoms with Gasteiger partial charge in [-0.3, -0.25) is 24.0 Å². The number of amides is 2. The van der Waals surface area contributed by atoms with Crippen LogP contribution in [0.2, 0.25) is 0 Å². The maximum atomic E-state index is 12.9. The van der Waals surface area contributed by atoms with E-state index in [0.29, 0.717) is 50.4 Å². The summed E-state index contributed by atoms with van der Waals surface area (Å²) < 4.78 is 4.97. The van der Waals surface area contributed by atoms with E-state index in [1.54, 1.807) is 0 Å². The molecule has 7 N–H and O–H groups in total. The highest BCUT2D eigenvalue weighted by atomic mass is 16.5. The summed E-state index contributed by atoms with van der Waals surface area (Å²) in [5.41, 5.74) is 10.9. The van der Waals surface area contributed by atoms with E-state index in [4.69, 9.17) is 19.8 Å². The summed E-state index contributed by atoms with van der Waals surface area (Å²) in [6.45, 7) is 5.96. The van der Waals surface area contributed by atoms with Gasteiger partial charge in [0.05, 0.1) is 26.4 Å². The zero-order valence-corrected chi connectivity index (χ0v) is 49.6. The van der Waals surface area contributed by atoms with Crippen molar-refractivity contribution in [2.24, 2.45) is 11.8 Å². The summed E-state index contributed by atoms with van der Waals surface area (Å²) in [7, 11) is 5.22. The molecular formula is C66H88N10O8. The molecule has 0 radical (unpaired) electrons. The molecule has 10 rings (SSSR count). The Balaban J connectivity index is 0.000000177. The van der Waals surface area contributed by atoms with Gasteiger partial charge in [0.25, 0.3) is 0 Å². The first-order valence-electron chi connectivity index (χ1n) is 30.6. The predicted molar refractivity (Wildman–Crippen MR) is 330 cm³/mol. The molecular weight excluding hydrogens is 1060 g/mol. The molecule has 2 atom stereocenters. The van der Waals surface area contributed by atoms with Gasteiger partial charge in [0.2, 0.25) is 11.8 Å². The Morgan fingerprint density at radius 3 is 1.31 bits per heavy atom. The Labute approximate surface area is 495 Å². The quantitative estimate of drug-likeness (QED) is 0.0338. The summed E-state index contributed by atoms with van der Waals surface area (Å²) in [4.78, 5) is 77.6. The van der Waals surface area contributed by atoms with E-state index in [1.165, 1.54) is 23.8 Å². The van der Waals surface area contributed by atoms with Gasteiger partial charge >= 0.3 is 17.9 Å². The number of carbonyl (C=O) groups is 5. The number of pyridine rings is 3. The summed E-state index contributed by atoms with van der Waals surface area (Å²) >= 11 is 0. The number of ether oxygens (including phenoxy) is 1. The van der Waals surface area contributed by atoms with Gasteiger partial charge in [-0.1, -0.05) is 42.5 Å². The van der Waals surface area contributed by atoms with E-state index in [1.807, 2.05) is 66.4 Å². The standard InChI is InChI=1S/C28H38N4O3.C27H36N4O3.C11H14N2O2/c1-29-25-7-3-5-22(18-25)23(19-27(34)35-2)17-20-12-15-32(16-13-20)26(33)11-10-24-9-8-21-6-4-14-30-28(21)31-24;1-28-24-6-2-4-21(17-24)22(18-26(33)34)16-19-11-14-31(15-12-19)25(32)10-9-23-8-7-20-5-3-13-29-27(20)30-23;14-10(15)6-5-9-4-3-8-2-1-7-12-11(8)13-9/h3,5,7-9,18,20,23,29H,4,6,10-17,19H2,1-2H3,(H,30,31);2,4,6-8,17,19,22,28H,3,5,9-16,18H2,1H3,(H,29,30)(H,33,34);3-4H,1-2,5-7H2,(H,12,13)(H,14,15). The number of likely N-dealkylation sites (tertiary alicyclic amines) is 2. The number of carboxylic acids is 2. The predicted octanol–water partition coefficient (Wildman–Crippen LogP) is 10.1. The molecule has 5 aromatic rings. The zero-order valence-electron chi connectivity index (χ0n) is 49.6. The van der Waals surface area contributed by atoms with Gasteiger partial charge in [-0.05, 0) is 184 Å². The fourth-order valence-electron chi connectivity index (χ4n) is 12.3. The van der Waals surface area contributed by atoms with E-state index in [0.717, 1.165) is 180 Å². The molecule has 18 nitrogen and oxygen atoms in total. The third-order valence-electron chi connectivity index (χ3n) is 17.2. The van der Waals surface area contributed by atoms with Crippen LogP contribution < -0.4 is 26.6 Å². The molecule has 0 spiro atoms. The monoisotopic (exact) mass is 1150 g/mol. The molecule has 0 saturated carbocycles. The summed E-state index contributed by atoms with van der Waals surface area (Å²) in [6.07, 6.45) is 15.7. The Hall–Kier alpha value is -7.76. The average Bonchev–Trinajstić information content (AvgIpc) is 3.74. The van der Waals surface area contributed by atoms with Crippen LogP contribution in [-0.2, 0) is 67.2 Å². The van der Waals surface area contributed by atoms with Crippen molar-refractivity contribution in [3.63, 3.8) is 0 Å². The Morgan fingerprint density at radius 1 is 0.548 bits per heavy atom. The van der Waals surface area contributed by atoms with Gasteiger partial charge in [0.15, 0.2) is 0 Å². The fourth-order valence-corrected chi connectivity index (χ4v) is 12.3. The minimum absolute atomic E-state index is 0.0123. The van der Waals surface area contributed by atoms with Crippen LogP contribution in [0, 0.1) is 11.8 Å². The minimum atomic E-state index is -0.775. The summed E-state index contributed by atoms with van der Waals surface area (Å²) in [5, 5.41) is 34.3. The number of hydrogen-bond donors (Lipinski definition) is 7. The summed E-state index contributed by atoms with van der Waals surface area (Å²) in [6, 6.07) is 28.7. The smallest absolute Gasteiger partial charge is 0.306 e. The largest absolute Gasteiger partial charge is 0.481 e. The van der Waals surface area contributed by atoms with Gasteiger partial charge in [0, 0.05) is 108 Å². The zero-order chi connectivity index (χ0) is 59.2. The minimum Gasteiger partial charge on any atom is -0.481 e. The van der Waals surface area contributed by atoms with Crippen molar-refractivity contribution in [1.82, 2.24) is 24.8 Å². The second kappa shape index (κ2) is 31.8. The van der Waals surface area contributed by atoms with Crippen molar-refractivity contribution in [2.75, 3.05) is 93.6 Å². The second-order valence-electron chi connectivity index (χ2n) is 23.1. The molecule has 2 saturated heterocycles. The lowest BCUT2D eigenvalue weighted by Crippen LogP contribution is -2.39. The van der Waals surface area contributed by atoms with Crippen LogP contribution in [0.1, 0.15) is 147 Å². The highest BCUT2D eigenvalue weighted by molar-refractivity contribution is 5.77. The van der Waals surface area contributed by atoms with Gasteiger partial charge in [-0.15, -0.1) is 0 Å². The topological polar surface area (TPSA) is 240 Å². The maximum absolute atomic E-state index is 12.9. The molecule has 2 fully saturated rings. The number of rotatable bonds is 21. The molecule has 5 aliphatic heterocycles. The average molecular weight is 1150 g/mol. The van der Waals surface area contributed by atoms with Crippen LogP contribution in [0.3, 0.4) is 0 Å². The number of nitrogens with zero attached hydrogens (tertiary/aromatic N) is 5. The SMILES string of the molecule is CNc1cccc(C(CC(=O)O)CC2CCN(C(=O)CCc3ccc4c(n3)NCCC4)CC2)c1.CNc1cccc(C(CC(=O)OC)CC2CCN(C(=O)CCc3ccc4c(n3)NCCC4)CC2)c1.O=C(O)CCc1ccc2c(n1)NCCC2. The van der Waals surface area contributed by atoms with Gasteiger partial charge in [-0.25, -0.2) is 15.0 Å². The third-order valence-corrected chi connectivity index (χ3v) is 17.2. The number of aryl methyl sites for hydroxylation is 6. The fraction of sp³-hybridized carbons (Fsp3) is 0.515. The Bertz CT molecular complexity index is 2990. The van der Waals surface area contributed by atoms with Crippen molar-refractivity contribution >= 4 is 58.6 Å². The van der Waals surface area contributed by atoms with Crippen molar-refractivity contribution in [3.8, 4) is 0 Å². The number of esters is 1. The molecule has 2 aromatic carbocycles. The van der Waals surface area contributed by atoms with Gasteiger partial charge in [-0.2, -0.15) is 0 Å². The third kappa shape index (κ3) is 18.9. The van der Waals surface area contributed by atoms with Crippen molar-refractivity contribution in [1.29, 1.82) is 0 Å². The van der Waals surface area contributed by atoms with E-state index < -0.39 is 11.9 Å². The van der Waals surface area contributed by atoms with E-state index in [9.17, 15) is 29.1 Å². The first-order chi connectivity index (χ1) is 40.8. The van der Waals surface area contributed by atoms with Crippen LogP contribution >= 0.6 is 0 Å². The lowest BCUT2D eigenvalue weighted by Gasteiger charge is -2.34. The lowest BCUT2D eigenvalue weighted by molar-refractivity contribution is -0.141. The molecule has 450 valence electrons. The van der Waals surface area contributed by atoms with E-state index >= 15 is 0 Å². The maximum Gasteiger partial charge on any atom is 0.306 e. The first-order valence-corrected chi connectivity index (χ1v) is 30.6. The van der Waals surface area contributed by atoms with Crippen LogP contribution in [-0.4, -0.2) is 132 Å². The number of methoxy groups -OCH3 is 1. The summed E-state index contributed by atoms with van der Waals surface area (Å²) in [5.74, 6) is 2.61. The number of fused-ring (bicyclic) bond motifs is 3. The highest BCUT2D eigenvalue weighted by Gasteiger charge is 2.29. The molecule has 2 amide bonds. The van der Waals surface area contributed by atoms with Gasteiger partial charge < -0.3 is 51.3 Å². The Kier molecular flexibility index (Phi) is 23.6. The van der Waals surface area contributed by atoms with E-state index in [-0.39, 0.29) is 42.5 Å². The number of piperidine rings is 2. The number of benzene rings is 2. The van der Waals surface area contributed by atoms with E-state index in [2.05, 4.69) is 74.0 Å². The highest BCUT2D eigenvalue weighted by Crippen LogP contribution is 2.36. The number of carboxylic acid groups (broad SMARTS) is 2. The number of nitrogens with one attached hydrogen (secondary N) is 5. The number of hydrogen-bond acceptors (Lipinski definition) is 14. The van der Waals surface area contributed by atoms with Crippen molar-refractivity contribution in [3.05, 3.63) is 130 Å². The Morgan fingerprint density at radius 2 is 0.940 bits per heavy atom. The second-order valence-corrected chi connectivity index (χ2v) is 23.1. The first kappa shape index (κ1) is 62.3. The molecule has 2 unspecified atom stereocenters. The number of anilines is 5. The number of carbonyl (C=O) groups excluding carboxylic acids is 3. The van der Waals surface area contributed by atoms with Crippen molar-refractivity contribution < 1.29 is 38.9 Å².